The molecule has 7 heteroatoms. The van der Waals surface area contributed by atoms with E-state index in [4.69, 9.17) is 0 Å². The standard InChI is InChI=1S/C17H20N2O3S2/c20-17(18-12-14-6-2-1-3-7-14)15-8-4-10-19(13-15)24(21,22)16-9-5-11-23-16/h1-3,5-7,9,11,15H,4,8,10,12-13H2,(H,18,20)/t15-/m1/s1. The second kappa shape index (κ2) is 7.46. The van der Waals surface area contributed by atoms with E-state index < -0.39 is 10.0 Å². The van der Waals surface area contributed by atoms with Gasteiger partial charge in [-0.2, -0.15) is 4.31 Å². The number of rotatable bonds is 5. The van der Waals surface area contributed by atoms with Gasteiger partial charge in [0.2, 0.25) is 5.91 Å². The van der Waals surface area contributed by atoms with Crippen molar-refractivity contribution in [2.24, 2.45) is 5.92 Å². The number of nitrogens with zero attached hydrogens (tertiary/aromatic N) is 1. The first kappa shape index (κ1) is 17.1. The second-order valence-corrected chi connectivity index (χ2v) is 8.95. The van der Waals surface area contributed by atoms with Crippen LogP contribution in [-0.4, -0.2) is 31.7 Å². The highest BCUT2D eigenvalue weighted by molar-refractivity contribution is 7.91. The summed E-state index contributed by atoms with van der Waals surface area (Å²) < 4.78 is 27.0. The summed E-state index contributed by atoms with van der Waals surface area (Å²) in [6, 6.07) is 13.0. The second-order valence-electron chi connectivity index (χ2n) is 5.84. The third-order valence-corrected chi connectivity index (χ3v) is 7.39. The van der Waals surface area contributed by atoms with E-state index in [1.165, 1.54) is 15.6 Å². The third kappa shape index (κ3) is 3.85. The predicted octanol–water partition coefficient (Wildman–Crippen LogP) is 2.47. The summed E-state index contributed by atoms with van der Waals surface area (Å²) in [5.41, 5.74) is 1.03. The summed E-state index contributed by atoms with van der Waals surface area (Å²) in [7, 11) is -3.48. The van der Waals surface area contributed by atoms with Crippen molar-refractivity contribution in [2.75, 3.05) is 13.1 Å². The first-order valence-electron chi connectivity index (χ1n) is 7.92. The number of amides is 1. The van der Waals surface area contributed by atoms with Crippen LogP contribution in [0.25, 0.3) is 0 Å². The van der Waals surface area contributed by atoms with Crippen LogP contribution < -0.4 is 5.32 Å². The SMILES string of the molecule is O=C(NCc1ccccc1)[C@@H]1CCCN(S(=O)(=O)c2cccs2)C1. The van der Waals surface area contributed by atoms with Crippen LogP contribution in [0.15, 0.2) is 52.1 Å². The van der Waals surface area contributed by atoms with Crippen molar-refractivity contribution >= 4 is 27.3 Å². The van der Waals surface area contributed by atoms with Gasteiger partial charge in [0, 0.05) is 19.6 Å². The molecule has 2 aromatic rings. The van der Waals surface area contributed by atoms with Gasteiger partial charge in [-0.1, -0.05) is 36.4 Å². The number of hydrogen-bond acceptors (Lipinski definition) is 4. The summed E-state index contributed by atoms with van der Waals surface area (Å²) in [6.07, 6.45) is 1.42. The van der Waals surface area contributed by atoms with Crippen molar-refractivity contribution in [1.29, 1.82) is 0 Å². The molecule has 128 valence electrons. The predicted molar refractivity (Wildman–Crippen MR) is 94.1 cm³/mol. The van der Waals surface area contributed by atoms with Crippen LogP contribution in [0, 0.1) is 5.92 Å². The van der Waals surface area contributed by atoms with E-state index in [0.29, 0.717) is 23.7 Å². The monoisotopic (exact) mass is 364 g/mol. The average Bonchev–Trinajstić information content (AvgIpc) is 3.16. The lowest BCUT2D eigenvalue weighted by molar-refractivity contribution is -0.126. The van der Waals surface area contributed by atoms with E-state index in [1.54, 1.807) is 17.5 Å². The van der Waals surface area contributed by atoms with E-state index in [-0.39, 0.29) is 18.4 Å². The topological polar surface area (TPSA) is 66.5 Å². The van der Waals surface area contributed by atoms with E-state index in [2.05, 4.69) is 5.32 Å². The van der Waals surface area contributed by atoms with Crippen LogP contribution in [0.4, 0.5) is 0 Å². The lowest BCUT2D eigenvalue weighted by atomic mass is 9.99. The first-order chi connectivity index (χ1) is 11.6. The van der Waals surface area contributed by atoms with Gasteiger partial charge in [0.15, 0.2) is 0 Å². The maximum Gasteiger partial charge on any atom is 0.252 e. The van der Waals surface area contributed by atoms with Crippen LogP contribution in [0.2, 0.25) is 0 Å². The van der Waals surface area contributed by atoms with E-state index in [0.717, 1.165) is 12.0 Å². The molecule has 0 unspecified atom stereocenters. The molecular weight excluding hydrogens is 344 g/mol. The molecule has 1 N–H and O–H groups in total. The van der Waals surface area contributed by atoms with Gasteiger partial charge in [-0.25, -0.2) is 8.42 Å². The molecule has 1 fully saturated rings. The van der Waals surface area contributed by atoms with Gasteiger partial charge in [0.1, 0.15) is 4.21 Å². The molecule has 2 heterocycles. The number of nitrogens with one attached hydrogen (secondary N) is 1. The summed E-state index contributed by atoms with van der Waals surface area (Å²) in [5.74, 6) is -0.373. The average molecular weight is 364 g/mol. The van der Waals surface area contributed by atoms with Crippen molar-refractivity contribution in [3.05, 3.63) is 53.4 Å². The number of hydrogen-bond donors (Lipinski definition) is 1. The maximum absolute atomic E-state index is 12.6. The molecule has 5 nitrogen and oxygen atoms in total. The van der Waals surface area contributed by atoms with E-state index >= 15 is 0 Å². The summed E-state index contributed by atoms with van der Waals surface area (Å²) in [6.45, 7) is 1.19. The molecular formula is C17H20N2O3S2. The number of carbonyl (C=O) groups is 1. The quantitative estimate of drug-likeness (QED) is 0.886. The molecule has 1 atom stereocenters. The summed E-state index contributed by atoms with van der Waals surface area (Å²) in [5, 5.41) is 4.67. The molecule has 0 saturated carbocycles. The smallest absolute Gasteiger partial charge is 0.252 e. The number of carbonyl (C=O) groups excluding carboxylic acids is 1. The minimum absolute atomic E-state index is 0.0788. The number of sulfonamides is 1. The molecule has 0 spiro atoms. The van der Waals surface area contributed by atoms with E-state index in [1.807, 2.05) is 30.3 Å². The van der Waals surface area contributed by atoms with Gasteiger partial charge in [0.25, 0.3) is 10.0 Å². The van der Waals surface area contributed by atoms with Crippen LogP contribution in [0.3, 0.4) is 0 Å². The van der Waals surface area contributed by atoms with Gasteiger partial charge in [-0.15, -0.1) is 11.3 Å². The van der Waals surface area contributed by atoms with Crippen LogP contribution >= 0.6 is 11.3 Å². The Morgan fingerprint density at radius 1 is 1.21 bits per heavy atom. The molecule has 1 aliphatic rings. The minimum atomic E-state index is -3.48. The lowest BCUT2D eigenvalue weighted by Gasteiger charge is -2.30. The van der Waals surface area contributed by atoms with E-state index in [9.17, 15) is 13.2 Å². The highest BCUT2D eigenvalue weighted by Gasteiger charge is 2.33. The number of benzene rings is 1. The largest absolute Gasteiger partial charge is 0.352 e. The molecule has 1 aliphatic heterocycles. The Hall–Kier alpha value is -1.70. The van der Waals surface area contributed by atoms with Crippen LogP contribution in [-0.2, 0) is 21.4 Å². The fourth-order valence-corrected chi connectivity index (χ4v) is 5.51. The molecule has 0 bridgehead atoms. The fraction of sp³-hybridized carbons (Fsp3) is 0.353. The molecule has 3 rings (SSSR count). The molecule has 24 heavy (non-hydrogen) atoms. The number of piperidine rings is 1. The van der Waals surface area contributed by atoms with Crippen LogP contribution in [0.1, 0.15) is 18.4 Å². The van der Waals surface area contributed by atoms with Crippen molar-refractivity contribution in [3.8, 4) is 0 Å². The van der Waals surface area contributed by atoms with Crippen molar-refractivity contribution in [3.63, 3.8) is 0 Å². The van der Waals surface area contributed by atoms with Gasteiger partial charge in [-0.05, 0) is 29.9 Å². The highest BCUT2D eigenvalue weighted by Crippen LogP contribution is 2.26. The highest BCUT2D eigenvalue weighted by atomic mass is 32.2. The van der Waals surface area contributed by atoms with Gasteiger partial charge in [0.05, 0.1) is 5.92 Å². The Labute approximate surface area is 146 Å². The molecule has 1 saturated heterocycles. The molecule has 1 aromatic heterocycles. The Bertz CT molecular complexity index is 773. The zero-order chi connectivity index (χ0) is 17.0. The Kier molecular flexibility index (Phi) is 5.33. The molecule has 1 amide bonds. The minimum Gasteiger partial charge on any atom is -0.352 e. The number of thiophene rings is 1. The summed E-state index contributed by atoms with van der Waals surface area (Å²) >= 11 is 1.21. The molecule has 0 aliphatic carbocycles. The van der Waals surface area contributed by atoms with Crippen molar-refractivity contribution in [1.82, 2.24) is 9.62 Å². The Balaban J connectivity index is 1.62. The normalized spacial score (nSPS) is 19.1. The Morgan fingerprint density at radius 3 is 2.71 bits per heavy atom. The third-order valence-electron chi connectivity index (χ3n) is 4.15. The maximum atomic E-state index is 12.6. The van der Waals surface area contributed by atoms with Crippen LogP contribution in [0.5, 0.6) is 0 Å². The van der Waals surface area contributed by atoms with Gasteiger partial charge < -0.3 is 5.32 Å². The van der Waals surface area contributed by atoms with Gasteiger partial charge in [-0.3, -0.25) is 4.79 Å². The summed E-state index contributed by atoms with van der Waals surface area (Å²) in [4.78, 5) is 12.4. The van der Waals surface area contributed by atoms with Crippen molar-refractivity contribution < 1.29 is 13.2 Å². The first-order valence-corrected chi connectivity index (χ1v) is 10.2. The Morgan fingerprint density at radius 2 is 2.00 bits per heavy atom. The van der Waals surface area contributed by atoms with Crippen molar-refractivity contribution in [2.45, 2.75) is 23.6 Å². The zero-order valence-corrected chi connectivity index (χ0v) is 14.9. The zero-order valence-electron chi connectivity index (χ0n) is 13.2. The fourth-order valence-electron chi connectivity index (χ4n) is 2.84. The lowest BCUT2D eigenvalue weighted by Crippen LogP contribution is -2.45. The molecule has 1 aromatic carbocycles. The van der Waals surface area contributed by atoms with Gasteiger partial charge >= 0.3 is 0 Å². The molecule has 0 radical (unpaired) electrons.